The first-order valence-corrected chi connectivity index (χ1v) is 11.3. The van der Waals surface area contributed by atoms with E-state index in [2.05, 4.69) is 39.0 Å². The maximum absolute atomic E-state index is 12.4. The fourth-order valence-corrected chi connectivity index (χ4v) is 5.18. The van der Waals surface area contributed by atoms with Gasteiger partial charge in [-0.2, -0.15) is 0 Å². The Morgan fingerprint density at radius 3 is 3.07 bits per heavy atom. The van der Waals surface area contributed by atoms with Crippen LogP contribution in [-0.4, -0.2) is 41.1 Å². The second kappa shape index (κ2) is 9.03. The van der Waals surface area contributed by atoms with Gasteiger partial charge >= 0.3 is 0 Å². The van der Waals surface area contributed by atoms with Gasteiger partial charge in [0, 0.05) is 13.2 Å². The van der Waals surface area contributed by atoms with E-state index >= 15 is 0 Å². The van der Waals surface area contributed by atoms with Crippen LogP contribution >= 0.6 is 23.1 Å². The summed E-state index contributed by atoms with van der Waals surface area (Å²) in [6.45, 7) is 1.62. The summed E-state index contributed by atoms with van der Waals surface area (Å²) in [7, 11) is 0. The zero-order chi connectivity index (χ0) is 18.5. The van der Waals surface area contributed by atoms with Crippen molar-refractivity contribution >= 4 is 34.1 Å². The summed E-state index contributed by atoms with van der Waals surface area (Å²) in [6.07, 6.45) is 5.72. The summed E-state index contributed by atoms with van der Waals surface area (Å²) >= 11 is 2.93. The zero-order valence-corrected chi connectivity index (χ0v) is 16.8. The van der Waals surface area contributed by atoms with Crippen LogP contribution in [0.2, 0.25) is 0 Å². The van der Waals surface area contributed by atoms with Gasteiger partial charge in [0.1, 0.15) is 0 Å². The van der Waals surface area contributed by atoms with Gasteiger partial charge in [-0.25, -0.2) is 0 Å². The molecular weight excluding hydrogens is 380 g/mol. The van der Waals surface area contributed by atoms with Crippen molar-refractivity contribution in [2.24, 2.45) is 0 Å². The number of carbonyl (C=O) groups excluding carboxylic acids is 1. The van der Waals surface area contributed by atoms with Gasteiger partial charge in [0.05, 0.1) is 17.9 Å². The first-order valence-electron chi connectivity index (χ1n) is 9.47. The molecule has 2 aromatic rings. The van der Waals surface area contributed by atoms with Gasteiger partial charge in [0.15, 0.2) is 4.34 Å². The minimum Gasteiger partial charge on any atom is -0.376 e. The number of ether oxygens (including phenoxy) is 1. The Bertz CT molecular complexity index is 777. The molecule has 1 aliphatic carbocycles. The van der Waals surface area contributed by atoms with E-state index in [1.807, 2.05) is 6.07 Å². The Balaban J connectivity index is 1.24. The van der Waals surface area contributed by atoms with Gasteiger partial charge < -0.3 is 15.4 Å². The number of anilines is 1. The van der Waals surface area contributed by atoms with Crippen LogP contribution in [0.5, 0.6) is 0 Å². The highest BCUT2D eigenvalue weighted by atomic mass is 32.2. The summed E-state index contributed by atoms with van der Waals surface area (Å²) in [5, 5.41) is 15.6. The average Bonchev–Trinajstić information content (AvgIpc) is 3.37. The molecule has 0 saturated carbocycles. The first-order chi connectivity index (χ1) is 13.3. The molecule has 0 radical (unpaired) electrons. The number of fused-ring (bicyclic) bond motifs is 1. The highest BCUT2D eigenvalue weighted by Crippen LogP contribution is 2.30. The minimum absolute atomic E-state index is 0.0470. The van der Waals surface area contributed by atoms with Crippen molar-refractivity contribution < 1.29 is 9.53 Å². The summed E-state index contributed by atoms with van der Waals surface area (Å²) in [6, 6.07) is 8.53. The van der Waals surface area contributed by atoms with E-state index in [4.69, 9.17) is 4.74 Å². The lowest BCUT2D eigenvalue weighted by Crippen LogP contribution is -2.32. The number of aromatic nitrogens is 2. The Kier molecular flexibility index (Phi) is 6.26. The fraction of sp³-hybridized carbons (Fsp3) is 0.526. The monoisotopic (exact) mass is 404 g/mol. The van der Waals surface area contributed by atoms with Crippen LogP contribution in [-0.2, 0) is 16.0 Å². The van der Waals surface area contributed by atoms with E-state index in [0.717, 1.165) is 54.7 Å². The van der Waals surface area contributed by atoms with E-state index < -0.39 is 0 Å². The lowest BCUT2D eigenvalue weighted by Gasteiger charge is -2.26. The molecule has 0 unspecified atom stereocenters. The van der Waals surface area contributed by atoms with E-state index in [1.54, 1.807) is 0 Å². The first kappa shape index (κ1) is 18.7. The number of rotatable bonds is 7. The zero-order valence-electron chi connectivity index (χ0n) is 15.1. The van der Waals surface area contributed by atoms with E-state index in [-0.39, 0.29) is 18.1 Å². The SMILES string of the molecule is O=C(CSc1nnc(NC[C@@H]2CCCO2)s1)N[C@@H]1CCCc2ccccc21. The van der Waals surface area contributed by atoms with Gasteiger partial charge in [-0.3, -0.25) is 4.79 Å². The number of thioether (sulfide) groups is 1. The lowest BCUT2D eigenvalue weighted by atomic mass is 9.88. The molecule has 4 rings (SSSR count). The van der Waals surface area contributed by atoms with Crippen LogP contribution in [0.25, 0.3) is 0 Å². The third-order valence-corrected chi connectivity index (χ3v) is 6.96. The smallest absolute Gasteiger partial charge is 0.230 e. The summed E-state index contributed by atoms with van der Waals surface area (Å²) in [5.74, 6) is 0.407. The second-order valence-electron chi connectivity index (χ2n) is 6.89. The van der Waals surface area contributed by atoms with Crippen molar-refractivity contribution in [2.75, 3.05) is 24.2 Å². The topological polar surface area (TPSA) is 76.1 Å². The van der Waals surface area contributed by atoms with Crippen LogP contribution in [0, 0.1) is 0 Å². The predicted octanol–water partition coefficient (Wildman–Crippen LogP) is 3.41. The summed E-state index contributed by atoms with van der Waals surface area (Å²) in [5.41, 5.74) is 2.62. The predicted molar refractivity (Wildman–Crippen MR) is 108 cm³/mol. The highest BCUT2D eigenvalue weighted by molar-refractivity contribution is 8.01. The van der Waals surface area contributed by atoms with Crippen molar-refractivity contribution in [3.8, 4) is 0 Å². The number of hydrogen-bond acceptors (Lipinski definition) is 7. The third kappa shape index (κ3) is 5.00. The molecule has 1 fully saturated rings. The fourth-order valence-electron chi connectivity index (χ4n) is 3.61. The summed E-state index contributed by atoms with van der Waals surface area (Å²) < 4.78 is 6.40. The van der Waals surface area contributed by atoms with Crippen molar-refractivity contribution in [2.45, 2.75) is 48.6 Å². The summed E-state index contributed by atoms with van der Waals surface area (Å²) in [4.78, 5) is 12.4. The van der Waals surface area contributed by atoms with Crippen molar-refractivity contribution in [3.63, 3.8) is 0 Å². The van der Waals surface area contributed by atoms with Crippen LogP contribution < -0.4 is 10.6 Å². The minimum atomic E-state index is 0.0470. The van der Waals surface area contributed by atoms with Crippen LogP contribution in [0.4, 0.5) is 5.13 Å². The number of hydrogen-bond donors (Lipinski definition) is 2. The van der Waals surface area contributed by atoms with Crippen LogP contribution in [0.15, 0.2) is 28.6 Å². The van der Waals surface area contributed by atoms with Gasteiger partial charge in [0.25, 0.3) is 0 Å². The van der Waals surface area contributed by atoms with Gasteiger partial charge in [-0.05, 0) is 43.2 Å². The number of nitrogens with zero attached hydrogens (tertiary/aromatic N) is 2. The Morgan fingerprint density at radius 1 is 1.26 bits per heavy atom. The molecule has 1 saturated heterocycles. The van der Waals surface area contributed by atoms with Crippen LogP contribution in [0.1, 0.15) is 42.9 Å². The van der Waals surface area contributed by atoms with Gasteiger partial charge in [0.2, 0.25) is 11.0 Å². The third-order valence-electron chi connectivity index (χ3n) is 4.94. The highest BCUT2D eigenvalue weighted by Gasteiger charge is 2.21. The normalized spacial score (nSPS) is 21.6. The molecule has 2 N–H and O–H groups in total. The number of benzene rings is 1. The Morgan fingerprint density at radius 2 is 2.19 bits per heavy atom. The van der Waals surface area contributed by atoms with Crippen molar-refractivity contribution in [1.29, 1.82) is 0 Å². The average molecular weight is 405 g/mol. The number of carbonyl (C=O) groups is 1. The quantitative estimate of drug-likeness (QED) is 0.689. The van der Waals surface area contributed by atoms with Crippen molar-refractivity contribution in [1.82, 2.24) is 15.5 Å². The van der Waals surface area contributed by atoms with Gasteiger partial charge in [-0.1, -0.05) is 47.4 Å². The molecule has 8 heteroatoms. The van der Waals surface area contributed by atoms with Crippen LogP contribution in [0.3, 0.4) is 0 Å². The van der Waals surface area contributed by atoms with E-state index in [9.17, 15) is 4.79 Å². The Hall–Kier alpha value is -1.64. The molecule has 6 nitrogen and oxygen atoms in total. The number of aryl methyl sites for hydroxylation is 1. The van der Waals surface area contributed by atoms with E-state index in [1.165, 1.54) is 34.2 Å². The molecule has 2 aliphatic rings. The van der Waals surface area contributed by atoms with Gasteiger partial charge in [-0.15, -0.1) is 10.2 Å². The largest absolute Gasteiger partial charge is 0.376 e. The van der Waals surface area contributed by atoms with E-state index in [0.29, 0.717) is 5.75 Å². The standard InChI is InChI=1S/C19H24N4O2S2/c24-17(21-16-9-3-6-13-5-1-2-8-15(13)16)12-26-19-23-22-18(27-19)20-11-14-7-4-10-25-14/h1-2,5,8,14,16H,3-4,6-7,9-12H2,(H,20,22)(H,21,24)/t14-,16+/m0/s1. The molecule has 1 amide bonds. The molecule has 27 heavy (non-hydrogen) atoms. The number of nitrogens with one attached hydrogen (secondary N) is 2. The molecular formula is C19H24N4O2S2. The molecule has 0 spiro atoms. The molecule has 2 heterocycles. The molecule has 2 atom stereocenters. The number of amides is 1. The maximum atomic E-state index is 12.4. The lowest BCUT2D eigenvalue weighted by molar-refractivity contribution is -0.119. The Labute approximate surface area is 167 Å². The van der Waals surface area contributed by atoms with Crippen molar-refractivity contribution in [3.05, 3.63) is 35.4 Å². The maximum Gasteiger partial charge on any atom is 0.230 e. The molecule has 1 aromatic carbocycles. The molecule has 0 bridgehead atoms. The molecule has 1 aromatic heterocycles. The molecule has 1 aliphatic heterocycles. The second-order valence-corrected chi connectivity index (χ2v) is 9.09. The molecule has 144 valence electrons.